The maximum Gasteiger partial charge on any atom is 0.371 e. The van der Waals surface area contributed by atoms with Crippen LogP contribution in [0.4, 0.5) is 5.88 Å². The minimum Gasteiger partial charge on any atom is -0.475 e. The van der Waals surface area contributed by atoms with Gasteiger partial charge < -0.3 is 19.9 Å². The summed E-state index contributed by atoms with van der Waals surface area (Å²) in [7, 11) is 0. The second-order valence-corrected chi connectivity index (χ2v) is 4.92. The first-order valence-corrected chi connectivity index (χ1v) is 5.59. The van der Waals surface area contributed by atoms with Gasteiger partial charge >= 0.3 is 5.97 Å². The van der Waals surface area contributed by atoms with Crippen molar-refractivity contribution in [1.82, 2.24) is 0 Å². The molecule has 0 saturated heterocycles. The van der Waals surface area contributed by atoms with Gasteiger partial charge in [-0.3, -0.25) is 0 Å². The van der Waals surface area contributed by atoms with Crippen LogP contribution in [-0.4, -0.2) is 28.3 Å². The Labute approximate surface area is 100 Å². The largest absolute Gasteiger partial charge is 0.475 e. The first-order chi connectivity index (χ1) is 7.80. The van der Waals surface area contributed by atoms with Gasteiger partial charge in [-0.2, -0.15) is 0 Å². The predicted octanol–water partition coefficient (Wildman–Crippen LogP) is 2.19. The van der Waals surface area contributed by atoms with E-state index >= 15 is 0 Å². The number of carboxylic acids is 1. The van der Waals surface area contributed by atoms with Crippen molar-refractivity contribution < 1.29 is 19.4 Å². The number of hydrogen-bond donors (Lipinski definition) is 3. The molecule has 3 N–H and O–H groups in total. The minimum atomic E-state index is -1.10. The van der Waals surface area contributed by atoms with Crippen molar-refractivity contribution in [1.29, 1.82) is 0 Å². The van der Waals surface area contributed by atoms with Crippen LogP contribution in [0.25, 0.3) is 0 Å². The zero-order valence-corrected chi connectivity index (χ0v) is 10.4. The highest BCUT2D eigenvalue weighted by molar-refractivity contribution is 5.84. The fourth-order valence-corrected chi connectivity index (χ4v) is 1.78. The highest BCUT2D eigenvalue weighted by Crippen LogP contribution is 2.19. The molecule has 1 atom stereocenters. The van der Waals surface area contributed by atoms with Crippen molar-refractivity contribution in [2.45, 2.75) is 32.8 Å². The molecule has 1 aromatic rings. The molecule has 0 bridgehead atoms. The Bertz CT molecular complexity index is 382. The molecule has 1 rings (SSSR count). The minimum absolute atomic E-state index is 0.115. The molecule has 5 nitrogen and oxygen atoms in total. The fourth-order valence-electron chi connectivity index (χ4n) is 1.78. The van der Waals surface area contributed by atoms with Crippen LogP contribution in [0, 0.1) is 5.92 Å². The van der Waals surface area contributed by atoms with Gasteiger partial charge in [0.05, 0.1) is 5.60 Å². The van der Waals surface area contributed by atoms with Gasteiger partial charge in [0.2, 0.25) is 5.76 Å². The Morgan fingerprint density at radius 3 is 2.65 bits per heavy atom. The zero-order valence-electron chi connectivity index (χ0n) is 10.4. The van der Waals surface area contributed by atoms with Gasteiger partial charge in [-0.1, -0.05) is 13.8 Å². The Hall–Kier alpha value is -1.49. The van der Waals surface area contributed by atoms with Gasteiger partial charge in [-0.15, -0.1) is 0 Å². The van der Waals surface area contributed by atoms with E-state index in [0.717, 1.165) is 0 Å². The molecule has 0 radical (unpaired) electrons. The predicted molar refractivity (Wildman–Crippen MR) is 64.2 cm³/mol. The Balaban J connectivity index is 2.52. The molecule has 0 aromatic carbocycles. The zero-order chi connectivity index (χ0) is 13.1. The van der Waals surface area contributed by atoms with E-state index in [2.05, 4.69) is 5.32 Å². The number of furan rings is 1. The molecule has 0 saturated carbocycles. The average molecular weight is 241 g/mol. The van der Waals surface area contributed by atoms with E-state index in [1.807, 2.05) is 13.8 Å². The number of aliphatic hydroxyl groups is 1. The Morgan fingerprint density at radius 2 is 2.18 bits per heavy atom. The Morgan fingerprint density at radius 1 is 1.53 bits per heavy atom. The van der Waals surface area contributed by atoms with Gasteiger partial charge in [0, 0.05) is 12.6 Å². The highest BCUT2D eigenvalue weighted by atomic mass is 16.4. The average Bonchev–Trinajstić information content (AvgIpc) is 2.61. The number of carbonyl (C=O) groups is 1. The maximum absolute atomic E-state index is 10.6. The molecule has 1 heterocycles. The molecular weight excluding hydrogens is 222 g/mol. The van der Waals surface area contributed by atoms with Crippen molar-refractivity contribution in [3.05, 3.63) is 17.9 Å². The van der Waals surface area contributed by atoms with Gasteiger partial charge in [0.1, 0.15) is 0 Å². The molecule has 0 aliphatic rings. The van der Waals surface area contributed by atoms with E-state index in [1.54, 1.807) is 6.92 Å². The summed E-state index contributed by atoms with van der Waals surface area (Å²) in [6.07, 6.45) is 0.659. The molecule has 96 valence electrons. The molecule has 1 aromatic heterocycles. The molecule has 0 spiro atoms. The van der Waals surface area contributed by atoms with Gasteiger partial charge in [0.25, 0.3) is 0 Å². The van der Waals surface area contributed by atoms with Crippen molar-refractivity contribution in [2.24, 2.45) is 5.92 Å². The summed E-state index contributed by atoms with van der Waals surface area (Å²) < 4.78 is 5.02. The first-order valence-electron chi connectivity index (χ1n) is 5.59. The molecule has 1 unspecified atom stereocenters. The molecule has 0 aliphatic carbocycles. The van der Waals surface area contributed by atoms with Crippen LogP contribution in [0.1, 0.15) is 37.7 Å². The topological polar surface area (TPSA) is 82.7 Å². The second-order valence-electron chi connectivity index (χ2n) is 4.92. The van der Waals surface area contributed by atoms with Crippen LogP contribution in [0.5, 0.6) is 0 Å². The molecule has 17 heavy (non-hydrogen) atoms. The third kappa shape index (κ3) is 4.48. The molecule has 0 aliphatic heterocycles. The first kappa shape index (κ1) is 13.6. The van der Waals surface area contributed by atoms with Crippen LogP contribution < -0.4 is 5.32 Å². The van der Waals surface area contributed by atoms with E-state index in [1.165, 1.54) is 12.1 Å². The van der Waals surface area contributed by atoms with E-state index < -0.39 is 11.6 Å². The van der Waals surface area contributed by atoms with Gasteiger partial charge in [0.15, 0.2) is 5.88 Å². The molecule has 0 amide bonds. The normalized spacial score (nSPS) is 14.6. The summed E-state index contributed by atoms with van der Waals surface area (Å²) >= 11 is 0. The van der Waals surface area contributed by atoms with E-state index in [0.29, 0.717) is 24.8 Å². The third-order valence-electron chi connectivity index (χ3n) is 2.31. The number of carboxylic acid groups (broad SMARTS) is 1. The lowest BCUT2D eigenvalue weighted by Crippen LogP contribution is -2.34. The molecule has 5 heteroatoms. The monoisotopic (exact) mass is 241 g/mol. The third-order valence-corrected chi connectivity index (χ3v) is 2.31. The molecular formula is C12H19NO4. The Kier molecular flexibility index (Phi) is 4.17. The number of nitrogens with one attached hydrogen (secondary N) is 1. The number of aromatic carboxylic acids is 1. The van der Waals surface area contributed by atoms with E-state index in [-0.39, 0.29) is 5.76 Å². The number of anilines is 1. The van der Waals surface area contributed by atoms with Crippen molar-refractivity contribution in [3.8, 4) is 0 Å². The quantitative estimate of drug-likeness (QED) is 0.711. The van der Waals surface area contributed by atoms with Crippen molar-refractivity contribution >= 4 is 11.9 Å². The summed E-state index contributed by atoms with van der Waals surface area (Å²) in [5.74, 6) is -0.479. The standard InChI is InChI=1S/C12H19NO4/c1-8(2)6-12(3,16)7-13-10-5-4-9(17-10)11(14)15/h4-5,8,13,16H,6-7H2,1-3H3,(H,14,15). The smallest absolute Gasteiger partial charge is 0.371 e. The lowest BCUT2D eigenvalue weighted by Gasteiger charge is -2.25. The number of rotatable bonds is 6. The lowest BCUT2D eigenvalue weighted by molar-refractivity contribution is 0.0511. The van der Waals surface area contributed by atoms with Crippen molar-refractivity contribution in [3.63, 3.8) is 0 Å². The SMILES string of the molecule is CC(C)CC(C)(O)CNc1ccc(C(=O)O)o1. The summed E-state index contributed by atoms with van der Waals surface area (Å²) in [6, 6.07) is 2.91. The van der Waals surface area contributed by atoms with Crippen molar-refractivity contribution in [2.75, 3.05) is 11.9 Å². The van der Waals surface area contributed by atoms with Crippen LogP contribution in [0.3, 0.4) is 0 Å². The molecule has 0 fully saturated rings. The van der Waals surface area contributed by atoms with Crippen LogP contribution in [-0.2, 0) is 0 Å². The second kappa shape index (κ2) is 5.23. The number of hydrogen-bond acceptors (Lipinski definition) is 4. The van der Waals surface area contributed by atoms with Gasteiger partial charge in [-0.05, 0) is 25.3 Å². The lowest BCUT2D eigenvalue weighted by atomic mass is 9.94. The van der Waals surface area contributed by atoms with Crippen LogP contribution in [0.2, 0.25) is 0 Å². The van der Waals surface area contributed by atoms with E-state index in [9.17, 15) is 9.90 Å². The van der Waals surface area contributed by atoms with Crippen LogP contribution >= 0.6 is 0 Å². The van der Waals surface area contributed by atoms with Crippen LogP contribution in [0.15, 0.2) is 16.5 Å². The van der Waals surface area contributed by atoms with Gasteiger partial charge in [-0.25, -0.2) is 4.79 Å². The summed E-state index contributed by atoms with van der Waals surface area (Å²) in [6.45, 7) is 6.12. The van der Waals surface area contributed by atoms with E-state index in [4.69, 9.17) is 9.52 Å². The summed E-state index contributed by atoms with van der Waals surface area (Å²) in [5.41, 5.74) is -0.843. The fraction of sp³-hybridized carbons (Fsp3) is 0.583. The highest BCUT2D eigenvalue weighted by Gasteiger charge is 2.22. The maximum atomic E-state index is 10.6. The summed E-state index contributed by atoms with van der Waals surface area (Å²) in [4.78, 5) is 10.6. The summed E-state index contributed by atoms with van der Waals surface area (Å²) in [5, 5.41) is 21.6.